The predicted octanol–water partition coefficient (Wildman–Crippen LogP) is 4.19. The molecule has 0 bridgehead atoms. The largest absolute Gasteiger partial charge is 0.416 e. The monoisotopic (exact) mass is 459 g/mol. The third kappa shape index (κ3) is 4.64. The number of halogens is 5. The van der Waals surface area contributed by atoms with E-state index in [2.05, 4.69) is 4.90 Å². The molecule has 4 rings (SSSR count). The van der Waals surface area contributed by atoms with Crippen molar-refractivity contribution in [2.24, 2.45) is 11.3 Å². The van der Waals surface area contributed by atoms with Crippen LogP contribution in [0.25, 0.3) is 0 Å². The Kier molecular flexibility index (Phi) is 6.03. The van der Waals surface area contributed by atoms with Crippen LogP contribution in [0.5, 0.6) is 0 Å². The topological polar surface area (TPSA) is 26.8 Å². The molecule has 4 nitrogen and oxygen atoms in total. The van der Waals surface area contributed by atoms with Crippen molar-refractivity contribution in [3.63, 3.8) is 0 Å². The summed E-state index contributed by atoms with van der Waals surface area (Å²) in [5.74, 6) is -5.15. The van der Waals surface area contributed by atoms with Gasteiger partial charge in [-0.2, -0.15) is 13.2 Å². The number of likely N-dealkylation sites (N-methyl/N-ethyl adjacent to an activating group) is 1. The third-order valence-electron chi connectivity index (χ3n) is 7.26. The molecule has 0 radical (unpaired) electrons. The average Bonchev–Trinajstić information content (AvgIpc) is 3.28. The molecule has 1 aromatic rings. The average molecular weight is 460 g/mol. The van der Waals surface area contributed by atoms with Gasteiger partial charge in [-0.3, -0.25) is 9.69 Å². The van der Waals surface area contributed by atoms with Crippen LogP contribution in [-0.4, -0.2) is 66.9 Å². The molecule has 1 saturated carbocycles. The van der Waals surface area contributed by atoms with Gasteiger partial charge in [0.15, 0.2) is 0 Å². The first-order chi connectivity index (χ1) is 14.9. The fraction of sp³-hybridized carbons (Fsp3) is 0.696. The highest BCUT2D eigenvalue weighted by Gasteiger charge is 2.53. The van der Waals surface area contributed by atoms with E-state index < -0.39 is 34.6 Å². The minimum absolute atomic E-state index is 0.00480. The zero-order valence-corrected chi connectivity index (χ0v) is 18.5. The van der Waals surface area contributed by atoms with E-state index in [4.69, 9.17) is 0 Å². The number of carbonyl (C=O) groups is 1. The molecule has 1 aromatic carbocycles. The van der Waals surface area contributed by atoms with Crippen LogP contribution in [0.3, 0.4) is 0 Å². The molecule has 178 valence electrons. The molecule has 3 fully saturated rings. The summed E-state index contributed by atoms with van der Waals surface area (Å²) in [5.41, 5.74) is -2.35. The van der Waals surface area contributed by atoms with E-state index in [-0.39, 0.29) is 25.4 Å². The third-order valence-corrected chi connectivity index (χ3v) is 7.26. The Bertz CT molecular complexity index is 860. The summed E-state index contributed by atoms with van der Waals surface area (Å²) in [7, 11) is 1.98. The van der Waals surface area contributed by atoms with Crippen molar-refractivity contribution in [2.75, 3.05) is 46.3 Å². The maximum atomic E-state index is 15.4. The Morgan fingerprint density at radius 3 is 2.28 bits per heavy atom. The van der Waals surface area contributed by atoms with Crippen molar-refractivity contribution in [1.82, 2.24) is 14.7 Å². The lowest BCUT2D eigenvalue weighted by Crippen LogP contribution is -2.43. The Labute approximate surface area is 185 Å². The van der Waals surface area contributed by atoms with Gasteiger partial charge in [0.05, 0.1) is 5.56 Å². The molecule has 32 heavy (non-hydrogen) atoms. The molecule has 9 heteroatoms. The van der Waals surface area contributed by atoms with Crippen LogP contribution in [0.1, 0.15) is 42.9 Å². The molecule has 1 atom stereocenters. The molecule has 2 aliphatic heterocycles. The Hall–Kier alpha value is -1.74. The number of alkyl halides is 5. The number of hydrogen-bond donors (Lipinski definition) is 0. The van der Waals surface area contributed by atoms with Gasteiger partial charge in [0.25, 0.3) is 5.92 Å². The van der Waals surface area contributed by atoms with Crippen LogP contribution in [0.4, 0.5) is 22.0 Å². The first kappa shape index (κ1) is 23.4. The summed E-state index contributed by atoms with van der Waals surface area (Å²) in [6.45, 7) is 5.14. The van der Waals surface area contributed by atoms with Crippen molar-refractivity contribution < 1.29 is 26.7 Å². The molecule has 1 aliphatic carbocycles. The molecular weight excluding hydrogens is 429 g/mol. The van der Waals surface area contributed by atoms with Gasteiger partial charge in [-0.1, -0.05) is 19.1 Å². The Morgan fingerprint density at radius 1 is 1.03 bits per heavy atom. The Balaban J connectivity index is 1.54. The number of likely N-dealkylation sites (tertiary alicyclic amines) is 1. The van der Waals surface area contributed by atoms with Crippen LogP contribution in [0, 0.1) is 11.3 Å². The first-order valence-electron chi connectivity index (χ1n) is 11.2. The molecule has 2 heterocycles. The van der Waals surface area contributed by atoms with E-state index in [1.165, 1.54) is 11.0 Å². The van der Waals surface area contributed by atoms with Crippen LogP contribution in [0.2, 0.25) is 0 Å². The lowest BCUT2D eigenvalue weighted by molar-refractivity contribution is -0.145. The van der Waals surface area contributed by atoms with E-state index in [0.29, 0.717) is 12.1 Å². The van der Waals surface area contributed by atoms with Gasteiger partial charge in [0, 0.05) is 62.7 Å². The molecule has 0 spiro atoms. The zero-order valence-electron chi connectivity index (χ0n) is 18.5. The van der Waals surface area contributed by atoms with Crippen LogP contribution in [0.15, 0.2) is 18.2 Å². The molecule has 0 unspecified atom stereocenters. The van der Waals surface area contributed by atoms with Crippen LogP contribution >= 0.6 is 0 Å². The number of rotatable bonds is 5. The number of piperazine rings is 1. The summed E-state index contributed by atoms with van der Waals surface area (Å²) in [5, 5.41) is 0. The molecule has 1 amide bonds. The van der Waals surface area contributed by atoms with Crippen molar-refractivity contribution >= 4 is 5.91 Å². The van der Waals surface area contributed by atoms with Crippen molar-refractivity contribution in [3.05, 3.63) is 34.9 Å². The normalized spacial score (nSPS) is 24.7. The van der Waals surface area contributed by atoms with Gasteiger partial charge in [-0.05, 0) is 37.9 Å². The number of amides is 1. The smallest absolute Gasteiger partial charge is 0.342 e. The highest BCUT2D eigenvalue weighted by atomic mass is 19.4. The highest BCUT2D eigenvalue weighted by molar-refractivity contribution is 5.85. The molecule has 3 aliphatic rings. The fourth-order valence-corrected chi connectivity index (χ4v) is 4.72. The molecule has 0 N–H and O–H groups in total. The number of carbonyl (C=O) groups excluding carboxylic acids is 1. The second-order valence-corrected chi connectivity index (χ2v) is 9.88. The van der Waals surface area contributed by atoms with E-state index >= 15 is 8.78 Å². The highest BCUT2D eigenvalue weighted by Crippen LogP contribution is 2.50. The lowest BCUT2D eigenvalue weighted by atomic mass is 9.89. The summed E-state index contributed by atoms with van der Waals surface area (Å²) in [4.78, 5) is 18.1. The van der Waals surface area contributed by atoms with Crippen molar-refractivity contribution in [3.8, 4) is 0 Å². The summed E-state index contributed by atoms with van der Waals surface area (Å²) in [6.07, 6.45) is -3.42. The Morgan fingerprint density at radius 2 is 1.69 bits per heavy atom. The van der Waals surface area contributed by atoms with Gasteiger partial charge < -0.3 is 9.80 Å². The predicted molar refractivity (Wildman–Crippen MR) is 110 cm³/mol. The maximum absolute atomic E-state index is 15.4. The van der Waals surface area contributed by atoms with Gasteiger partial charge in [0.1, 0.15) is 0 Å². The molecule has 2 saturated heterocycles. The SMILES string of the molecule is CN1CCN(Cc2ccc(C(F)(F)[C@@H]3CCN(C(=O)C4(C)CC4)C3)c(C(F)(F)F)c2)CC1. The van der Waals surface area contributed by atoms with Gasteiger partial charge in [0.2, 0.25) is 5.91 Å². The standard InChI is InChI=1S/C23H30F5N3O/c1-21(6-7-21)20(32)31-8-5-17(15-31)22(24,25)18-4-3-16(13-19(18)23(26,27)28)14-30-11-9-29(2)10-12-30/h3-4,13,17H,5-12,14-15H2,1-2H3/t17-/m1/s1. The lowest BCUT2D eigenvalue weighted by Gasteiger charge is -2.33. The fourth-order valence-electron chi connectivity index (χ4n) is 4.72. The van der Waals surface area contributed by atoms with Gasteiger partial charge >= 0.3 is 6.18 Å². The second-order valence-electron chi connectivity index (χ2n) is 9.88. The first-order valence-corrected chi connectivity index (χ1v) is 11.2. The maximum Gasteiger partial charge on any atom is 0.416 e. The number of hydrogen-bond acceptors (Lipinski definition) is 3. The summed E-state index contributed by atoms with van der Waals surface area (Å²) in [6, 6.07) is 3.21. The number of benzene rings is 1. The van der Waals surface area contributed by atoms with Crippen LogP contribution in [-0.2, 0) is 23.4 Å². The second kappa shape index (κ2) is 8.24. The van der Waals surface area contributed by atoms with E-state index in [0.717, 1.165) is 51.2 Å². The van der Waals surface area contributed by atoms with E-state index in [9.17, 15) is 18.0 Å². The minimum atomic E-state index is -4.88. The minimum Gasteiger partial charge on any atom is -0.342 e. The van der Waals surface area contributed by atoms with Gasteiger partial charge in [-0.25, -0.2) is 8.78 Å². The van der Waals surface area contributed by atoms with E-state index in [1.807, 2.05) is 18.9 Å². The van der Waals surface area contributed by atoms with Gasteiger partial charge in [-0.15, -0.1) is 0 Å². The molecule has 0 aromatic heterocycles. The number of nitrogens with zero attached hydrogens (tertiary/aromatic N) is 3. The summed E-state index contributed by atoms with van der Waals surface area (Å²) < 4.78 is 72.2. The van der Waals surface area contributed by atoms with Crippen LogP contribution < -0.4 is 0 Å². The van der Waals surface area contributed by atoms with Crippen molar-refractivity contribution in [1.29, 1.82) is 0 Å². The van der Waals surface area contributed by atoms with E-state index in [1.54, 1.807) is 0 Å². The van der Waals surface area contributed by atoms with Crippen molar-refractivity contribution in [2.45, 2.75) is 44.8 Å². The zero-order chi connectivity index (χ0) is 23.3. The summed E-state index contributed by atoms with van der Waals surface area (Å²) >= 11 is 0. The quantitative estimate of drug-likeness (QED) is 0.618. The molecular formula is C23H30F5N3O.